The van der Waals surface area contributed by atoms with Crippen molar-refractivity contribution in [2.24, 2.45) is 0 Å². The van der Waals surface area contributed by atoms with Crippen LogP contribution in [-0.4, -0.2) is 24.7 Å². The summed E-state index contributed by atoms with van der Waals surface area (Å²) in [6.45, 7) is 4.09. The molecule has 0 aliphatic heterocycles. The highest BCUT2D eigenvalue weighted by atomic mass is 16.5. The van der Waals surface area contributed by atoms with Crippen molar-refractivity contribution in [3.8, 4) is 0 Å². The molecule has 3 heteroatoms. The number of hydrogen-bond acceptors (Lipinski definition) is 3. The Hall–Kier alpha value is -1.35. The fraction of sp³-hybridized carbons (Fsp3) is 0.500. The van der Waals surface area contributed by atoms with Crippen LogP contribution in [0.5, 0.6) is 0 Å². The highest BCUT2D eigenvalue weighted by Gasteiger charge is 2.61. The Morgan fingerprint density at radius 1 is 1.41 bits per heavy atom. The summed E-state index contributed by atoms with van der Waals surface area (Å²) in [7, 11) is 1.45. The summed E-state index contributed by atoms with van der Waals surface area (Å²) in [5, 5.41) is 3.35. The summed E-state index contributed by atoms with van der Waals surface area (Å²) in [4.78, 5) is 11.9. The molecule has 2 atom stereocenters. The van der Waals surface area contributed by atoms with Crippen LogP contribution in [0.3, 0.4) is 0 Å². The maximum absolute atomic E-state index is 11.9. The number of nitrogens with one attached hydrogen (secondary N) is 1. The first-order valence-electron chi connectivity index (χ1n) is 6.01. The molecule has 1 aliphatic rings. The Morgan fingerprint density at radius 3 is 2.59 bits per heavy atom. The van der Waals surface area contributed by atoms with Gasteiger partial charge in [-0.1, -0.05) is 30.3 Å². The van der Waals surface area contributed by atoms with Gasteiger partial charge in [0.05, 0.1) is 7.11 Å². The van der Waals surface area contributed by atoms with Crippen molar-refractivity contribution in [2.75, 3.05) is 7.11 Å². The van der Waals surface area contributed by atoms with Gasteiger partial charge in [0.1, 0.15) is 5.54 Å². The average molecular weight is 233 g/mol. The van der Waals surface area contributed by atoms with Crippen molar-refractivity contribution < 1.29 is 9.53 Å². The van der Waals surface area contributed by atoms with Crippen LogP contribution < -0.4 is 5.32 Å². The van der Waals surface area contributed by atoms with Crippen LogP contribution in [-0.2, 0) is 9.53 Å². The number of carbonyl (C=O) groups excluding carboxylic acids is 1. The minimum Gasteiger partial charge on any atom is -0.468 e. The molecule has 3 nitrogen and oxygen atoms in total. The monoisotopic (exact) mass is 233 g/mol. The first-order valence-corrected chi connectivity index (χ1v) is 6.01. The molecular weight excluding hydrogens is 214 g/mol. The third-order valence-electron chi connectivity index (χ3n) is 3.26. The quantitative estimate of drug-likeness (QED) is 0.809. The smallest absolute Gasteiger partial charge is 0.326 e. The second kappa shape index (κ2) is 4.49. The Labute approximate surface area is 102 Å². The van der Waals surface area contributed by atoms with E-state index in [9.17, 15) is 4.79 Å². The zero-order chi connectivity index (χ0) is 12.5. The van der Waals surface area contributed by atoms with E-state index in [1.54, 1.807) is 0 Å². The Balaban J connectivity index is 2.20. The van der Waals surface area contributed by atoms with Gasteiger partial charge in [0, 0.05) is 12.0 Å². The number of hydrogen-bond donors (Lipinski definition) is 1. The topological polar surface area (TPSA) is 38.3 Å². The minimum atomic E-state index is -0.510. The summed E-state index contributed by atoms with van der Waals surface area (Å²) in [5.41, 5.74) is 0.690. The Bertz CT molecular complexity index is 402. The largest absolute Gasteiger partial charge is 0.468 e. The van der Waals surface area contributed by atoms with E-state index in [-0.39, 0.29) is 17.9 Å². The summed E-state index contributed by atoms with van der Waals surface area (Å²) in [6, 6.07) is 10.4. The van der Waals surface area contributed by atoms with Gasteiger partial charge in [-0.15, -0.1) is 0 Å². The molecule has 0 radical (unpaired) electrons. The molecule has 0 bridgehead atoms. The molecule has 92 valence electrons. The van der Waals surface area contributed by atoms with Crippen LogP contribution >= 0.6 is 0 Å². The maximum Gasteiger partial charge on any atom is 0.326 e. The standard InChI is InChI=1S/C14H19NO2/c1-10(2)15-14(13(16)17-3)9-12(14)11-7-5-4-6-8-11/h4-8,10,12,15H,9H2,1-3H3/t12-,14+/m0/s1. The first kappa shape index (κ1) is 12.1. The van der Waals surface area contributed by atoms with E-state index < -0.39 is 5.54 Å². The fourth-order valence-corrected chi connectivity index (χ4v) is 2.49. The van der Waals surface area contributed by atoms with Crippen LogP contribution in [0.25, 0.3) is 0 Å². The molecule has 0 heterocycles. The minimum absolute atomic E-state index is 0.153. The van der Waals surface area contributed by atoms with Crippen molar-refractivity contribution >= 4 is 5.97 Å². The van der Waals surface area contributed by atoms with Crippen LogP contribution in [0.2, 0.25) is 0 Å². The van der Waals surface area contributed by atoms with Gasteiger partial charge in [0.2, 0.25) is 0 Å². The zero-order valence-corrected chi connectivity index (χ0v) is 10.6. The normalized spacial score (nSPS) is 26.9. The van der Waals surface area contributed by atoms with E-state index in [1.807, 2.05) is 32.0 Å². The van der Waals surface area contributed by atoms with E-state index in [4.69, 9.17) is 4.74 Å². The predicted octanol–water partition coefficient (Wildman–Crippen LogP) is 2.08. The van der Waals surface area contributed by atoms with Gasteiger partial charge in [0.25, 0.3) is 0 Å². The predicted molar refractivity (Wildman–Crippen MR) is 66.8 cm³/mol. The van der Waals surface area contributed by atoms with Gasteiger partial charge in [-0.25, -0.2) is 0 Å². The molecule has 1 aromatic rings. The number of methoxy groups -OCH3 is 1. The SMILES string of the molecule is COC(=O)[C@@]1(NC(C)C)C[C@H]1c1ccccc1. The molecular formula is C14H19NO2. The molecule has 2 rings (SSSR count). The van der Waals surface area contributed by atoms with Gasteiger partial charge in [-0.05, 0) is 25.8 Å². The van der Waals surface area contributed by atoms with Crippen LogP contribution in [0.15, 0.2) is 30.3 Å². The molecule has 0 saturated heterocycles. The van der Waals surface area contributed by atoms with Crippen LogP contribution in [0.4, 0.5) is 0 Å². The lowest BCUT2D eigenvalue weighted by Gasteiger charge is -2.19. The van der Waals surface area contributed by atoms with Crippen molar-refractivity contribution in [1.82, 2.24) is 5.32 Å². The summed E-state index contributed by atoms with van der Waals surface area (Å²) in [5.74, 6) is 0.0820. The van der Waals surface area contributed by atoms with Gasteiger partial charge >= 0.3 is 5.97 Å². The number of ether oxygens (including phenoxy) is 1. The lowest BCUT2D eigenvalue weighted by atomic mass is 10.1. The van der Waals surface area contributed by atoms with E-state index in [1.165, 1.54) is 12.7 Å². The molecule has 1 aliphatic carbocycles. The molecule has 1 fully saturated rings. The highest BCUT2D eigenvalue weighted by Crippen LogP contribution is 2.52. The highest BCUT2D eigenvalue weighted by molar-refractivity contribution is 5.87. The molecule has 0 unspecified atom stereocenters. The summed E-state index contributed by atoms with van der Waals surface area (Å²) in [6.07, 6.45) is 0.821. The van der Waals surface area contributed by atoms with E-state index in [0.29, 0.717) is 0 Å². The number of carbonyl (C=O) groups is 1. The van der Waals surface area contributed by atoms with Gasteiger partial charge in [-0.2, -0.15) is 0 Å². The lowest BCUT2D eigenvalue weighted by Crippen LogP contribution is -2.45. The van der Waals surface area contributed by atoms with E-state index >= 15 is 0 Å². The molecule has 1 aromatic carbocycles. The van der Waals surface area contributed by atoms with E-state index in [0.717, 1.165) is 6.42 Å². The average Bonchev–Trinajstić information content (AvgIpc) is 3.04. The number of benzene rings is 1. The number of rotatable bonds is 4. The van der Waals surface area contributed by atoms with Crippen LogP contribution in [0.1, 0.15) is 31.7 Å². The first-order chi connectivity index (χ1) is 8.10. The third-order valence-corrected chi connectivity index (χ3v) is 3.26. The summed E-state index contributed by atoms with van der Waals surface area (Å²) >= 11 is 0. The van der Waals surface area contributed by atoms with E-state index in [2.05, 4.69) is 17.4 Å². The Morgan fingerprint density at radius 2 is 2.06 bits per heavy atom. The zero-order valence-electron chi connectivity index (χ0n) is 10.6. The maximum atomic E-state index is 11.9. The second-order valence-corrected chi connectivity index (χ2v) is 4.93. The molecule has 1 saturated carbocycles. The molecule has 1 N–H and O–H groups in total. The molecule has 0 spiro atoms. The van der Waals surface area contributed by atoms with Gasteiger partial charge < -0.3 is 4.74 Å². The van der Waals surface area contributed by atoms with Crippen molar-refractivity contribution in [1.29, 1.82) is 0 Å². The third kappa shape index (κ3) is 2.20. The van der Waals surface area contributed by atoms with Crippen molar-refractivity contribution in [2.45, 2.75) is 37.8 Å². The Kier molecular flexibility index (Phi) is 3.20. The fourth-order valence-electron chi connectivity index (χ4n) is 2.49. The van der Waals surface area contributed by atoms with Gasteiger partial charge in [-0.3, -0.25) is 10.1 Å². The number of esters is 1. The van der Waals surface area contributed by atoms with Crippen LogP contribution in [0, 0.1) is 0 Å². The van der Waals surface area contributed by atoms with Crippen molar-refractivity contribution in [3.05, 3.63) is 35.9 Å². The summed E-state index contributed by atoms with van der Waals surface area (Å²) < 4.78 is 4.93. The van der Waals surface area contributed by atoms with Gasteiger partial charge in [0.15, 0.2) is 0 Å². The molecule has 17 heavy (non-hydrogen) atoms. The molecule has 0 aromatic heterocycles. The lowest BCUT2D eigenvalue weighted by molar-refractivity contribution is -0.144. The molecule has 0 amide bonds. The van der Waals surface area contributed by atoms with Crippen molar-refractivity contribution in [3.63, 3.8) is 0 Å². The second-order valence-electron chi connectivity index (χ2n) is 4.93.